The van der Waals surface area contributed by atoms with Gasteiger partial charge < -0.3 is 15.6 Å². The monoisotopic (exact) mass is 248 g/mol. The molecule has 1 heterocycles. The van der Waals surface area contributed by atoms with Gasteiger partial charge in [0.25, 0.3) is 0 Å². The van der Waals surface area contributed by atoms with Crippen LogP contribution in [0.3, 0.4) is 0 Å². The standard InChI is InChI=1S/C12H16N4O2/c1-9-6-11(2-3-12(9)13)18-5-4-16-7-10(8-17)14-15-16/h2-3,6-7,17H,4-5,8,13H2,1H3. The molecule has 0 saturated carbocycles. The number of nitrogen functional groups attached to an aromatic ring is 1. The van der Waals surface area contributed by atoms with E-state index in [1.165, 1.54) is 0 Å². The van der Waals surface area contributed by atoms with E-state index in [2.05, 4.69) is 10.3 Å². The van der Waals surface area contributed by atoms with Crippen molar-refractivity contribution in [1.29, 1.82) is 0 Å². The Morgan fingerprint density at radius 2 is 2.28 bits per heavy atom. The van der Waals surface area contributed by atoms with Gasteiger partial charge >= 0.3 is 0 Å². The number of aliphatic hydroxyl groups excluding tert-OH is 1. The van der Waals surface area contributed by atoms with Crippen LogP contribution in [0.4, 0.5) is 5.69 Å². The summed E-state index contributed by atoms with van der Waals surface area (Å²) in [7, 11) is 0. The third kappa shape index (κ3) is 2.98. The van der Waals surface area contributed by atoms with Crippen molar-refractivity contribution >= 4 is 5.69 Å². The van der Waals surface area contributed by atoms with Crippen molar-refractivity contribution < 1.29 is 9.84 Å². The molecule has 0 spiro atoms. The van der Waals surface area contributed by atoms with E-state index in [9.17, 15) is 0 Å². The second-order valence-electron chi connectivity index (χ2n) is 4.00. The van der Waals surface area contributed by atoms with Gasteiger partial charge in [-0.05, 0) is 30.7 Å². The highest BCUT2D eigenvalue weighted by Crippen LogP contribution is 2.18. The molecule has 0 atom stereocenters. The second kappa shape index (κ2) is 5.50. The zero-order valence-corrected chi connectivity index (χ0v) is 10.2. The highest BCUT2D eigenvalue weighted by atomic mass is 16.5. The van der Waals surface area contributed by atoms with E-state index in [1.807, 2.05) is 25.1 Å². The van der Waals surface area contributed by atoms with Crippen molar-refractivity contribution in [2.75, 3.05) is 12.3 Å². The van der Waals surface area contributed by atoms with Crippen LogP contribution in [0.1, 0.15) is 11.3 Å². The molecule has 1 aromatic heterocycles. The first kappa shape index (κ1) is 12.4. The van der Waals surface area contributed by atoms with Gasteiger partial charge in [0.2, 0.25) is 0 Å². The summed E-state index contributed by atoms with van der Waals surface area (Å²) in [6, 6.07) is 5.56. The minimum atomic E-state index is -0.0992. The maximum absolute atomic E-state index is 8.85. The Morgan fingerprint density at radius 1 is 1.44 bits per heavy atom. The largest absolute Gasteiger partial charge is 0.492 e. The first-order valence-electron chi connectivity index (χ1n) is 5.68. The summed E-state index contributed by atoms with van der Waals surface area (Å²) in [5.74, 6) is 0.782. The number of rotatable bonds is 5. The van der Waals surface area contributed by atoms with Crippen molar-refractivity contribution in [1.82, 2.24) is 15.0 Å². The van der Waals surface area contributed by atoms with E-state index < -0.39 is 0 Å². The fraction of sp³-hybridized carbons (Fsp3) is 0.333. The van der Waals surface area contributed by atoms with Crippen LogP contribution >= 0.6 is 0 Å². The number of nitrogens with two attached hydrogens (primary N) is 1. The number of hydrogen-bond acceptors (Lipinski definition) is 5. The predicted octanol–water partition coefficient (Wildman–Crippen LogP) is 0.740. The molecular weight excluding hydrogens is 232 g/mol. The number of hydrogen-bond donors (Lipinski definition) is 2. The van der Waals surface area contributed by atoms with Gasteiger partial charge in [0, 0.05) is 5.69 Å². The highest BCUT2D eigenvalue weighted by Gasteiger charge is 2.00. The Hall–Kier alpha value is -2.08. The van der Waals surface area contributed by atoms with Crippen molar-refractivity contribution in [3.63, 3.8) is 0 Å². The first-order chi connectivity index (χ1) is 8.69. The fourth-order valence-corrected chi connectivity index (χ4v) is 1.52. The van der Waals surface area contributed by atoms with E-state index in [1.54, 1.807) is 10.9 Å². The van der Waals surface area contributed by atoms with Crippen LogP contribution in [0.15, 0.2) is 24.4 Å². The van der Waals surface area contributed by atoms with E-state index >= 15 is 0 Å². The Balaban J connectivity index is 1.86. The molecule has 0 aliphatic carbocycles. The molecule has 0 bridgehead atoms. The molecule has 2 aromatic rings. The summed E-state index contributed by atoms with van der Waals surface area (Å²) in [6.45, 7) is 2.90. The Labute approximate surface area is 105 Å². The van der Waals surface area contributed by atoms with Gasteiger partial charge in [-0.25, -0.2) is 4.68 Å². The molecule has 0 unspecified atom stereocenters. The smallest absolute Gasteiger partial charge is 0.119 e. The van der Waals surface area contributed by atoms with Gasteiger partial charge in [0.05, 0.1) is 19.3 Å². The van der Waals surface area contributed by atoms with E-state index in [0.29, 0.717) is 18.8 Å². The molecular formula is C12H16N4O2. The average molecular weight is 248 g/mol. The molecule has 6 heteroatoms. The van der Waals surface area contributed by atoms with Gasteiger partial charge in [-0.2, -0.15) is 0 Å². The SMILES string of the molecule is Cc1cc(OCCn2cc(CO)nn2)ccc1N. The summed E-state index contributed by atoms with van der Waals surface area (Å²) >= 11 is 0. The summed E-state index contributed by atoms with van der Waals surface area (Å²) in [6.07, 6.45) is 1.69. The number of anilines is 1. The summed E-state index contributed by atoms with van der Waals surface area (Å²) in [5, 5.41) is 16.5. The molecule has 18 heavy (non-hydrogen) atoms. The third-order valence-corrected chi connectivity index (χ3v) is 2.58. The van der Waals surface area contributed by atoms with Gasteiger partial charge in [-0.1, -0.05) is 5.21 Å². The molecule has 0 aliphatic rings. The Morgan fingerprint density at radius 3 is 2.94 bits per heavy atom. The van der Waals surface area contributed by atoms with Crippen molar-refractivity contribution in [2.24, 2.45) is 0 Å². The van der Waals surface area contributed by atoms with Crippen molar-refractivity contribution in [2.45, 2.75) is 20.1 Å². The molecule has 2 rings (SSSR count). The molecule has 96 valence electrons. The average Bonchev–Trinajstić information content (AvgIpc) is 2.82. The molecule has 0 amide bonds. The highest BCUT2D eigenvalue weighted by molar-refractivity contribution is 5.49. The topological polar surface area (TPSA) is 86.2 Å². The fourth-order valence-electron chi connectivity index (χ4n) is 1.52. The first-order valence-corrected chi connectivity index (χ1v) is 5.68. The molecule has 0 radical (unpaired) electrons. The number of aliphatic hydroxyl groups is 1. The van der Waals surface area contributed by atoms with Crippen LogP contribution in [-0.2, 0) is 13.2 Å². The third-order valence-electron chi connectivity index (χ3n) is 2.58. The quantitative estimate of drug-likeness (QED) is 0.762. The van der Waals surface area contributed by atoms with Crippen LogP contribution in [-0.4, -0.2) is 26.7 Å². The van der Waals surface area contributed by atoms with Gasteiger partial charge in [-0.3, -0.25) is 0 Å². The number of aromatic nitrogens is 3. The van der Waals surface area contributed by atoms with E-state index in [0.717, 1.165) is 17.0 Å². The number of benzene rings is 1. The van der Waals surface area contributed by atoms with Crippen molar-refractivity contribution in [3.05, 3.63) is 35.7 Å². The van der Waals surface area contributed by atoms with Crippen LogP contribution < -0.4 is 10.5 Å². The van der Waals surface area contributed by atoms with E-state index in [4.69, 9.17) is 15.6 Å². The lowest BCUT2D eigenvalue weighted by molar-refractivity contribution is 0.276. The second-order valence-corrected chi connectivity index (χ2v) is 4.00. The van der Waals surface area contributed by atoms with Crippen LogP contribution in [0.25, 0.3) is 0 Å². The molecule has 0 aliphatic heterocycles. The zero-order valence-electron chi connectivity index (χ0n) is 10.2. The summed E-state index contributed by atoms with van der Waals surface area (Å²) in [5.41, 5.74) is 8.03. The summed E-state index contributed by atoms with van der Waals surface area (Å²) in [4.78, 5) is 0. The molecule has 3 N–H and O–H groups in total. The summed E-state index contributed by atoms with van der Waals surface area (Å²) < 4.78 is 7.22. The molecule has 0 saturated heterocycles. The minimum absolute atomic E-state index is 0.0992. The van der Waals surface area contributed by atoms with E-state index in [-0.39, 0.29) is 6.61 Å². The van der Waals surface area contributed by atoms with Crippen LogP contribution in [0, 0.1) is 6.92 Å². The normalized spacial score (nSPS) is 10.6. The van der Waals surface area contributed by atoms with Gasteiger partial charge in [-0.15, -0.1) is 5.10 Å². The van der Waals surface area contributed by atoms with Gasteiger partial charge in [0.1, 0.15) is 18.1 Å². The maximum Gasteiger partial charge on any atom is 0.119 e. The van der Waals surface area contributed by atoms with Crippen LogP contribution in [0.2, 0.25) is 0 Å². The molecule has 0 fully saturated rings. The van der Waals surface area contributed by atoms with Gasteiger partial charge in [0.15, 0.2) is 0 Å². The number of ether oxygens (including phenoxy) is 1. The lowest BCUT2D eigenvalue weighted by atomic mass is 10.2. The Kier molecular flexibility index (Phi) is 3.78. The minimum Gasteiger partial charge on any atom is -0.492 e. The lowest BCUT2D eigenvalue weighted by Gasteiger charge is -2.07. The predicted molar refractivity (Wildman–Crippen MR) is 67.0 cm³/mol. The molecule has 6 nitrogen and oxygen atoms in total. The zero-order chi connectivity index (χ0) is 13.0. The lowest BCUT2D eigenvalue weighted by Crippen LogP contribution is -2.09. The van der Waals surface area contributed by atoms with Crippen LogP contribution in [0.5, 0.6) is 5.75 Å². The maximum atomic E-state index is 8.85. The van der Waals surface area contributed by atoms with Crippen molar-refractivity contribution in [3.8, 4) is 5.75 Å². The number of aryl methyl sites for hydroxylation is 1. The Bertz CT molecular complexity index is 525. The number of nitrogens with zero attached hydrogens (tertiary/aromatic N) is 3. The molecule has 1 aromatic carbocycles.